The molecule has 72 valence electrons. The first-order valence-corrected chi connectivity index (χ1v) is 5.56. The van der Waals surface area contributed by atoms with Gasteiger partial charge in [0.05, 0.1) is 0 Å². The number of hydrogen-bond donors (Lipinski definition) is 0. The van der Waals surface area contributed by atoms with Gasteiger partial charge in [0.15, 0.2) is 0 Å². The molecule has 0 aliphatic carbocycles. The molecule has 0 aromatic carbocycles. The molecule has 0 saturated heterocycles. The maximum Gasteiger partial charge on any atom is 0.0119 e. The lowest BCUT2D eigenvalue weighted by Crippen LogP contribution is -2.09. The first kappa shape index (κ1) is 12.1. The van der Waals surface area contributed by atoms with Gasteiger partial charge in [0.25, 0.3) is 0 Å². The minimum Gasteiger partial charge on any atom is -0.125 e. The molecule has 0 aliphatic rings. The quantitative estimate of drug-likeness (QED) is 0.624. The topological polar surface area (TPSA) is 0 Å². The van der Waals surface area contributed by atoms with Gasteiger partial charge in [-0.25, -0.2) is 0 Å². The SMILES string of the molecule is C=C(SC(C)(C)C)C(C)CCC. The fourth-order valence-corrected chi connectivity index (χ4v) is 2.19. The molecule has 1 unspecified atom stereocenters. The van der Waals surface area contributed by atoms with Crippen LogP contribution in [0, 0.1) is 5.92 Å². The standard InChI is InChI=1S/C11H22S/c1-7-8-9(2)10(3)12-11(4,5)6/h9H,3,7-8H2,1-2,4-6H3. The van der Waals surface area contributed by atoms with E-state index < -0.39 is 0 Å². The van der Waals surface area contributed by atoms with Crippen LogP contribution in [0.3, 0.4) is 0 Å². The van der Waals surface area contributed by atoms with Crippen LogP contribution in [0.4, 0.5) is 0 Å². The number of hydrogen-bond acceptors (Lipinski definition) is 1. The number of rotatable bonds is 4. The fraction of sp³-hybridized carbons (Fsp3) is 0.818. The van der Waals surface area contributed by atoms with Gasteiger partial charge in [0.2, 0.25) is 0 Å². The maximum absolute atomic E-state index is 4.12. The summed E-state index contributed by atoms with van der Waals surface area (Å²) in [7, 11) is 0. The van der Waals surface area contributed by atoms with Gasteiger partial charge in [0.1, 0.15) is 0 Å². The largest absolute Gasteiger partial charge is 0.125 e. The molecule has 1 atom stereocenters. The van der Waals surface area contributed by atoms with Crippen molar-refractivity contribution in [3.05, 3.63) is 11.5 Å². The highest BCUT2D eigenvalue weighted by molar-refractivity contribution is 8.04. The minimum absolute atomic E-state index is 0.319. The minimum atomic E-state index is 0.319. The van der Waals surface area contributed by atoms with E-state index in [1.54, 1.807) is 0 Å². The van der Waals surface area contributed by atoms with Crippen molar-refractivity contribution >= 4 is 11.8 Å². The Morgan fingerprint density at radius 3 is 2.25 bits per heavy atom. The molecule has 0 rings (SSSR count). The second kappa shape index (κ2) is 4.96. The Balaban J connectivity index is 3.87. The summed E-state index contributed by atoms with van der Waals surface area (Å²) >= 11 is 1.91. The van der Waals surface area contributed by atoms with Crippen LogP contribution in [0.25, 0.3) is 0 Å². The Hall–Kier alpha value is 0.0900. The molecule has 0 aromatic rings. The average molecular weight is 186 g/mol. The molecule has 1 heteroatoms. The molecule has 0 aromatic heterocycles. The van der Waals surface area contributed by atoms with Crippen LogP contribution in [0.5, 0.6) is 0 Å². The van der Waals surface area contributed by atoms with Crippen molar-refractivity contribution in [2.24, 2.45) is 5.92 Å². The third kappa shape index (κ3) is 5.70. The summed E-state index contributed by atoms with van der Waals surface area (Å²) in [5, 5.41) is 0. The molecule has 0 bridgehead atoms. The lowest BCUT2D eigenvalue weighted by Gasteiger charge is -2.22. The fourth-order valence-electron chi connectivity index (χ4n) is 1.09. The molecular formula is C11H22S. The number of allylic oxidation sites excluding steroid dienone is 1. The Kier molecular flexibility index (Phi) is 5.00. The monoisotopic (exact) mass is 186 g/mol. The molecule has 0 amide bonds. The maximum atomic E-state index is 4.12. The molecule has 0 spiro atoms. The average Bonchev–Trinajstić information content (AvgIpc) is 1.84. The first-order valence-electron chi connectivity index (χ1n) is 4.74. The third-order valence-electron chi connectivity index (χ3n) is 1.71. The molecule has 0 nitrogen and oxygen atoms in total. The van der Waals surface area contributed by atoms with Crippen LogP contribution in [-0.4, -0.2) is 4.75 Å². The van der Waals surface area contributed by atoms with Gasteiger partial charge in [-0.1, -0.05) is 47.6 Å². The van der Waals surface area contributed by atoms with E-state index in [-0.39, 0.29) is 0 Å². The van der Waals surface area contributed by atoms with Gasteiger partial charge in [0, 0.05) is 4.75 Å². The summed E-state index contributed by atoms with van der Waals surface area (Å²) in [6.45, 7) is 15.3. The van der Waals surface area contributed by atoms with Crippen LogP contribution in [0.15, 0.2) is 11.5 Å². The van der Waals surface area contributed by atoms with Crippen molar-refractivity contribution in [3.8, 4) is 0 Å². The smallest absolute Gasteiger partial charge is 0.0119 e. The van der Waals surface area contributed by atoms with Crippen LogP contribution < -0.4 is 0 Å². The molecular weight excluding hydrogens is 164 g/mol. The van der Waals surface area contributed by atoms with E-state index in [9.17, 15) is 0 Å². The van der Waals surface area contributed by atoms with Crippen molar-refractivity contribution < 1.29 is 0 Å². The lowest BCUT2D eigenvalue weighted by atomic mass is 10.1. The van der Waals surface area contributed by atoms with Crippen molar-refractivity contribution in [3.63, 3.8) is 0 Å². The second-order valence-corrected chi connectivity index (χ2v) is 6.32. The summed E-state index contributed by atoms with van der Waals surface area (Å²) in [6, 6.07) is 0. The zero-order chi connectivity index (χ0) is 9.78. The van der Waals surface area contributed by atoms with Crippen molar-refractivity contribution in [1.82, 2.24) is 0 Å². The highest BCUT2D eigenvalue weighted by Crippen LogP contribution is 2.35. The Bertz CT molecular complexity index is 142. The van der Waals surface area contributed by atoms with Crippen LogP contribution >= 0.6 is 11.8 Å². The molecule has 0 radical (unpaired) electrons. The van der Waals surface area contributed by atoms with E-state index >= 15 is 0 Å². The first-order chi connectivity index (χ1) is 5.37. The van der Waals surface area contributed by atoms with Crippen LogP contribution in [-0.2, 0) is 0 Å². The number of thioether (sulfide) groups is 1. The highest BCUT2D eigenvalue weighted by atomic mass is 32.2. The Labute approximate surface area is 81.8 Å². The second-order valence-electron chi connectivity index (χ2n) is 4.37. The summed E-state index contributed by atoms with van der Waals surface area (Å²) < 4.78 is 0.319. The van der Waals surface area contributed by atoms with E-state index in [1.807, 2.05) is 11.8 Å². The van der Waals surface area contributed by atoms with Crippen LogP contribution in [0.2, 0.25) is 0 Å². The Morgan fingerprint density at radius 1 is 1.42 bits per heavy atom. The molecule has 0 heterocycles. The normalized spacial score (nSPS) is 14.4. The predicted octanol–water partition coefficient (Wildman–Crippen LogP) is 4.47. The van der Waals surface area contributed by atoms with Crippen LogP contribution in [0.1, 0.15) is 47.5 Å². The molecule has 0 N–H and O–H groups in total. The van der Waals surface area contributed by atoms with E-state index in [2.05, 4.69) is 41.2 Å². The molecule has 12 heavy (non-hydrogen) atoms. The summed E-state index contributed by atoms with van der Waals surface area (Å²) in [5.74, 6) is 0.666. The van der Waals surface area contributed by atoms with Gasteiger partial charge in [-0.2, -0.15) is 0 Å². The van der Waals surface area contributed by atoms with E-state index in [4.69, 9.17) is 0 Å². The van der Waals surface area contributed by atoms with Gasteiger partial charge in [-0.3, -0.25) is 0 Å². The molecule has 0 fully saturated rings. The zero-order valence-corrected chi connectivity index (χ0v) is 9.92. The van der Waals surface area contributed by atoms with Crippen molar-refractivity contribution in [1.29, 1.82) is 0 Å². The van der Waals surface area contributed by atoms with E-state index in [0.717, 1.165) is 0 Å². The summed E-state index contributed by atoms with van der Waals surface area (Å²) in [6.07, 6.45) is 2.52. The van der Waals surface area contributed by atoms with E-state index in [1.165, 1.54) is 17.7 Å². The highest BCUT2D eigenvalue weighted by Gasteiger charge is 2.15. The van der Waals surface area contributed by atoms with Crippen molar-refractivity contribution in [2.75, 3.05) is 0 Å². The van der Waals surface area contributed by atoms with Gasteiger partial charge < -0.3 is 0 Å². The molecule has 0 aliphatic heterocycles. The Morgan fingerprint density at radius 2 is 1.92 bits per heavy atom. The zero-order valence-electron chi connectivity index (χ0n) is 9.11. The van der Waals surface area contributed by atoms with Crippen molar-refractivity contribution in [2.45, 2.75) is 52.2 Å². The van der Waals surface area contributed by atoms with E-state index in [0.29, 0.717) is 10.7 Å². The third-order valence-corrected chi connectivity index (χ3v) is 2.99. The summed E-state index contributed by atoms with van der Waals surface area (Å²) in [5.41, 5.74) is 0. The summed E-state index contributed by atoms with van der Waals surface area (Å²) in [4.78, 5) is 1.34. The predicted molar refractivity (Wildman–Crippen MR) is 60.6 cm³/mol. The van der Waals surface area contributed by atoms with Gasteiger partial charge in [-0.05, 0) is 17.2 Å². The lowest BCUT2D eigenvalue weighted by molar-refractivity contribution is 0.625. The van der Waals surface area contributed by atoms with Gasteiger partial charge >= 0.3 is 0 Å². The van der Waals surface area contributed by atoms with Gasteiger partial charge in [-0.15, -0.1) is 11.8 Å². The molecule has 0 saturated carbocycles.